The lowest BCUT2D eigenvalue weighted by Gasteiger charge is -2.10. The maximum absolute atomic E-state index is 4.59. The van der Waals surface area contributed by atoms with Gasteiger partial charge in [0.05, 0.1) is 17.6 Å². The lowest BCUT2D eigenvalue weighted by atomic mass is 10.1. The number of para-hydroxylation sites is 2. The highest BCUT2D eigenvalue weighted by Gasteiger charge is 2.08. The molecule has 0 aliphatic heterocycles. The number of aromatic nitrogens is 5. The number of fused-ring (bicyclic) bond motifs is 2. The van der Waals surface area contributed by atoms with E-state index in [1.807, 2.05) is 61.5 Å². The van der Waals surface area contributed by atoms with Crippen LogP contribution < -0.4 is 10.6 Å². The first-order valence-electron chi connectivity index (χ1n) is 9.38. The van der Waals surface area contributed by atoms with Crippen molar-refractivity contribution in [2.24, 2.45) is 0 Å². The third kappa shape index (κ3) is 3.58. The molecule has 7 nitrogen and oxygen atoms in total. The van der Waals surface area contributed by atoms with Crippen molar-refractivity contribution in [2.45, 2.75) is 13.5 Å². The van der Waals surface area contributed by atoms with Crippen LogP contribution in [0.3, 0.4) is 0 Å². The summed E-state index contributed by atoms with van der Waals surface area (Å²) in [5.41, 5.74) is 2.83. The van der Waals surface area contributed by atoms with Gasteiger partial charge in [-0.15, -0.1) is 0 Å². The predicted octanol–water partition coefficient (Wildman–Crippen LogP) is 4.57. The molecule has 3 N–H and O–H groups in total. The smallest absolute Gasteiger partial charge is 0.230 e. The van der Waals surface area contributed by atoms with Gasteiger partial charge in [-0.3, -0.25) is 0 Å². The summed E-state index contributed by atoms with van der Waals surface area (Å²) in [6.45, 7) is 2.48. The minimum atomic E-state index is 0.501. The average molecular weight is 381 g/mol. The molecular weight excluding hydrogens is 362 g/mol. The fourth-order valence-electron chi connectivity index (χ4n) is 3.30. The van der Waals surface area contributed by atoms with Gasteiger partial charge in [-0.05, 0) is 30.5 Å². The molecule has 29 heavy (non-hydrogen) atoms. The van der Waals surface area contributed by atoms with Crippen molar-refractivity contribution < 1.29 is 0 Å². The van der Waals surface area contributed by atoms with Crippen LogP contribution >= 0.6 is 0 Å². The van der Waals surface area contributed by atoms with Gasteiger partial charge in [0.25, 0.3) is 0 Å². The molecule has 7 heteroatoms. The Labute approximate surface area is 167 Å². The molecule has 5 aromatic rings. The summed E-state index contributed by atoms with van der Waals surface area (Å²) in [5, 5.41) is 8.71. The molecule has 0 unspecified atom stereocenters. The first-order valence-corrected chi connectivity index (χ1v) is 9.38. The van der Waals surface area contributed by atoms with E-state index < -0.39 is 0 Å². The number of rotatable bonds is 5. The Balaban J connectivity index is 1.38. The zero-order valence-corrected chi connectivity index (χ0v) is 15.8. The van der Waals surface area contributed by atoms with Crippen LogP contribution in [0.4, 0.5) is 17.6 Å². The number of imidazole rings is 1. The van der Waals surface area contributed by atoms with Crippen molar-refractivity contribution in [1.82, 2.24) is 24.9 Å². The Morgan fingerprint density at radius 2 is 1.79 bits per heavy atom. The molecule has 3 heterocycles. The zero-order valence-electron chi connectivity index (χ0n) is 15.8. The number of benzene rings is 2. The topological polar surface area (TPSA) is 91.4 Å². The maximum atomic E-state index is 4.59. The molecule has 0 fully saturated rings. The quantitative estimate of drug-likeness (QED) is 0.413. The van der Waals surface area contributed by atoms with Gasteiger partial charge in [-0.1, -0.05) is 36.4 Å². The van der Waals surface area contributed by atoms with E-state index in [0.717, 1.165) is 45.0 Å². The van der Waals surface area contributed by atoms with Crippen LogP contribution in [-0.4, -0.2) is 24.9 Å². The molecule has 142 valence electrons. The highest BCUT2D eigenvalue weighted by Crippen LogP contribution is 2.23. The van der Waals surface area contributed by atoms with Gasteiger partial charge in [0.2, 0.25) is 5.95 Å². The van der Waals surface area contributed by atoms with Gasteiger partial charge in [-0.25, -0.2) is 15.0 Å². The second-order valence-corrected chi connectivity index (χ2v) is 6.78. The Kier molecular flexibility index (Phi) is 4.25. The number of aryl methyl sites for hydroxylation is 1. The molecule has 0 aliphatic carbocycles. The minimum Gasteiger partial charge on any atom is -0.363 e. The molecule has 0 saturated heterocycles. The number of nitrogens with one attached hydrogen (secondary N) is 3. The fraction of sp³-hybridized carbons (Fsp3) is 0.0909. The standard InChI is InChI=1S/C22H19N7/c1-14-12-19(24-13-20-26-17-8-4-5-9-18(17)27-20)28-22(25-14)29-21-16-7-3-2-6-15(16)10-11-23-21/h2-12H,13H2,1H3,(H,26,27)(H2,23,24,25,28,29). The maximum Gasteiger partial charge on any atom is 0.230 e. The number of pyridine rings is 1. The lowest BCUT2D eigenvalue weighted by Crippen LogP contribution is -2.07. The Morgan fingerprint density at radius 3 is 2.72 bits per heavy atom. The Bertz CT molecular complexity index is 1270. The summed E-state index contributed by atoms with van der Waals surface area (Å²) in [6, 6.07) is 20.0. The summed E-state index contributed by atoms with van der Waals surface area (Å²) in [4.78, 5) is 21.4. The molecule has 0 bridgehead atoms. The van der Waals surface area contributed by atoms with E-state index in [2.05, 4.69) is 41.6 Å². The second kappa shape index (κ2) is 7.20. The summed E-state index contributed by atoms with van der Waals surface area (Å²) in [5.74, 6) is 2.81. The number of anilines is 3. The van der Waals surface area contributed by atoms with E-state index in [1.54, 1.807) is 6.20 Å². The van der Waals surface area contributed by atoms with Crippen molar-refractivity contribution in [3.05, 3.63) is 78.4 Å². The summed E-state index contributed by atoms with van der Waals surface area (Å²) in [7, 11) is 0. The van der Waals surface area contributed by atoms with E-state index in [9.17, 15) is 0 Å². The van der Waals surface area contributed by atoms with E-state index in [-0.39, 0.29) is 0 Å². The lowest BCUT2D eigenvalue weighted by molar-refractivity contribution is 0.986. The van der Waals surface area contributed by atoms with E-state index in [4.69, 9.17) is 0 Å². The molecule has 0 radical (unpaired) electrons. The predicted molar refractivity (Wildman–Crippen MR) is 115 cm³/mol. The fourth-order valence-corrected chi connectivity index (χ4v) is 3.30. The molecule has 3 aromatic heterocycles. The van der Waals surface area contributed by atoms with E-state index >= 15 is 0 Å². The number of nitrogens with zero attached hydrogens (tertiary/aromatic N) is 4. The highest BCUT2D eigenvalue weighted by molar-refractivity contribution is 5.92. The third-order valence-electron chi connectivity index (χ3n) is 4.63. The Hall–Kier alpha value is -4.00. The van der Waals surface area contributed by atoms with Crippen molar-refractivity contribution in [3.63, 3.8) is 0 Å². The zero-order chi connectivity index (χ0) is 19.6. The van der Waals surface area contributed by atoms with E-state index in [1.165, 1.54) is 0 Å². The van der Waals surface area contributed by atoms with Crippen molar-refractivity contribution in [1.29, 1.82) is 0 Å². The van der Waals surface area contributed by atoms with Gasteiger partial charge >= 0.3 is 0 Å². The first kappa shape index (κ1) is 17.1. The van der Waals surface area contributed by atoms with Gasteiger partial charge in [0.15, 0.2) is 0 Å². The van der Waals surface area contributed by atoms with Crippen LogP contribution in [0.5, 0.6) is 0 Å². The van der Waals surface area contributed by atoms with Crippen molar-refractivity contribution in [2.75, 3.05) is 10.6 Å². The minimum absolute atomic E-state index is 0.501. The Morgan fingerprint density at radius 1 is 0.931 bits per heavy atom. The van der Waals surface area contributed by atoms with Crippen LogP contribution in [0, 0.1) is 6.92 Å². The summed E-state index contributed by atoms with van der Waals surface area (Å²) >= 11 is 0. The summed E-state index contributed by atoms with van der Waals surface area (Å²) in [6.07, 6.45) is 1.78. The van der Waals surface area contributed by atoms with Crippen molar-refractivity contribution in [3.8, 4) is 0 Å². The van der Waals surface area contributed by atoms with Gasteiger partial charge in [0.1, 0.15) is 17.5 Å². The first-order chi connectivity index (χ1) is 14.2. The van der Waals surface area contributed by atoms with Crippen LogP contribution in [0.2, 0.25) is 0 Å². The molecule has 2 aromatic carbocycles. The molecule has 0 amide bonds. The number of hydrogen-bond acceptors (Lipinski definition) is 6. The van der Waals surface area contributed by atoms with Crippen LogP contribution in [0.15, 0.2) is 66.9 Å². The van der Waals surface area contributed by atoms with E-state index in [0.29, 0.717) is 12.5 Å². The number of hydrogen-bond donors (Lipinski definition) is 3. The molecular formula is C22H19N7. The molecule has 0 saturated carbocycles. The largest absolute Gasteiger partial charge is 0.363 e. The average Bonchev–Trinajstić information content (AvgIpc) is 3.15. The monoisotopic (exact) mass is 381 g/mol. The van der Waals surface area contributed by atoms with Gasteiger partial charge in [-0.2, -0.15) is 4.98 Å². The second-order valence-electron chi connectivity index (χ2n) is 6.78. The number of aromatic amines is 1. The summed E-state index contributed by atoms with van der Waals surface area (Å²) < 4.78 is 0. The molecule has 0 aliphatic rings. The molecule has 0 spiro atoms. The SMILES string of the molecule is Cc1cc(NCc2nc3ccccc3[nH]2)nc(Nc2nccc3ccccc23)n1. The molecule has 0 atom stereocenters. The molecule has 5 rings (SSSR count). The third-order valence-corrected chi connectivity index (χ3v) is 4.63. The highest BCUT2D eigenvalue weighted by atomic mass is 15.2. The normalized spacial score (nSPS) is 11.1. The van der Waals surface area contributed by atoms with Crippen molar-refractivity contribution >= 4 is 39.4 Å². The number of H-pyrrole nitrogens is 1. The van der Waals surface area contributed by atoms with Gasteiger partial charge in [0, 0.05) is 23.3 Å². The van der Waals surface area contributed by atoms with Crippen LogP contribution in [0.25, 0.3) is 21.8 Å². The van der Waals surface area contributed by atoms with Gasteiger partial charge < -0.3 is 15.6 Å². The van der Waals surface area contributed by atoms with Crippen LogP contribution in [0.1, 0.15) is 11.5 Å². The van der Waals surface area contributed by atoms with Crippen LogP contribution in [-0.2, 0) is 6.54 Å².